The number of ketones is 1. The number of halogens is 1. The van der Waals surface area contributed by atoms with Gasteiger partial charge in [-0.2, -0.15) is 0 Å². The van der Waals surface area contributed by atoms with Gasteiger partial charge in [0.15, 0.2) is 10.9 Å². The van der Waals surface area contributed by atoms with Gasteiger partial charge in [0.2, 0.25) is 0 Å². The number of rotatable bonds is 7. The highest BCUT2D eigenvalue weighted by atomic mass is 35.5. The average Bonchev–Trinajstić information content (AvgIpc) is 2.71. The maximum absolute atomic E-state index is 12.9. The third-order valence-corrected chi connectivity index (χ3v) is 5.41. The third-order valence-electron chi connectivity index (χ3n) is 4.10. The lowest BCUT2D eigenvalue weighted by Crippen LogP contribution is -2.25. The number of thioether (sulfide) groups is 1. The maximum atomic E-state index is 12.9. The van der Waals surface area contributed by atoms with Crippen molar-refractivity contribution in [2.45, 2.75) is 18.1 Å². The maximum Gasteiger partial charge on any atom is 0.307 e. The van der Waals surface area contributed by atoms with E-state index in [4.69, 9.17) is 11.6 Å². The molecule has 3 aromatic rings. The van der Waals surface area contributed by atoms with E-state index in [0.29, 0.717) is 26.6 Å². The van der Waals surface area contributed by atoms with Crippen LogP contribution >= 0.6 is 23.4 Å². The molecule has 0 amide bonds. The first-order chi connectivity index (χ1) is 13.5. The van der Waals surface area contributed by atoms with Crippen LogP contribution in [0.1, 0.15) is 16.8 Å². The van der Waals surface area contributed by atoms with Crippen molar-refractivity contribution in [1.82, 2.24) is 9.55 Å². The fourth-order valence-electron chi connectivity index (χ4n) is 2.66. The number of fused-ring (bicyclic) bond motifs is 1. The molecule has 0 aliphatic heterocycles. The summed E-state index contributed by atoms with van der Waals surface area (Å²) in [5.74, 6) is -0.534. The van der Waals surface area contributed by atoms with Crippen LogP contribution in [0.25, 0.3) is 10.9 Å². The Balaban J connectivity index is 1.92. The summed E-state index contributed by atoms with van der Waals surface area (Å²) in [5.41, 5.74) is 0.692. The summed E-state index contributed by atoms with van der Waals surface area (Å²) in [5, 5.41) is 1.20. The van der Waals surface area contributed by atoms with Crippen LogP contribution < -0.4 is 5.56 Å². The molecule has 28 heavy (non-hydrogen) atoms. The molecule has 6 nitrogen and oxygen atoms in total. The summed E-state index contributed by atoms with van der Waals surface area (Å²) in [6, 6.07) is 13.8. The molecular formula is C20H17ClN2O4S. The molecule has 0 unspecified atom stereocenters. The molecule has 0 saturated carbocycles. The second-order valence-electron chi connectivity index (χ2n) is 5.89. The highest BCUT2D eigenvalue weighted by Crippen LogP contribution is 2.22. The van der Waals surface area contributed by atoms with Crippen molar-refractivity contribution >= 4 is 46.0 Å². The van der Waals surface area contributed by atoms with Gasteiger partial charge in [-0.15, -0.1) is 0 Å². The summed E-state index contributed by atoms with van der Waals surface area (Å²) in [6.45, 7) is 0.117. The van der Waals surface area contributed by atoms with Gasteiger partial charge >= 0.3 is 5.97 Å². The molecule has 0 fully saturated rings. The Morgan fingerprint density at radius 2 is 1.86 bits per heavy atom. The SMILES string of the molecule is COC(=O)CCn1c(SCC(=O)c2ccccc2Cl)nc2ccccc2c1=O. The van der Waals surface area contributed by atoms with Crippen molar-refractivity contribution in [3.05, 3.63) is 69.5 Å². The van der Waals surface area contributed by atoms with E-state index in [9.17, 15) is 14.4 Å². The molecule has 8 heteroatoms. The molecule has 144 valence electrons. The minimum Gasteiger partial charge on any atom is -0.469 e. The van der Waals surface area contributed by atoms with Gasteiger partial charge < -0.3 is 4.74 Å². The Labute approximate surface area is 170 Å². The van der Waals surface area contributed by atoms with E-state index in [2.05, 4.69) is 9.72 Å². The Kier molecular flexibility index (Phi) is 6.49. The van der Waals surface area contributed by atoms with Gasteiger partial charge in [-0.05, 0) is 24.3 Å². The van der Waals surface area contributed by atoms with E-state index < -0.39 is 5.97 Å². The van der Waals surface area contributed by atoms with Gasteiger partial charge in [0.25, 0.3) is 5.56 Å². The number of esters is 1. The number of para-hydroxylation sites is 1. The van der Waals surface area contributed by atoms with E-state index in [1.807, 2.05) is 0 Å². The van der Waals surface area contributed by atoms with Gasteiger partial charge in [-0.25, -0.2) is 4.98 Å². The van der Waals surface area contributed by atoms with Crippen LogP contribution in [0.3, 0.4) is 0 Å². The summed E-state index contributed by atoms with van der Waals surface area (Å²) in [4.78, 5) is 41.4. The predicted molar refractivity (Wildman–Crippen MR) is 109 cm³/mol. The first kappa shape index (κ1) is 20.1. The topological polar surface area (TPSA) is 78.3 Å². The zero-order valence-electron chi connectivity index (χ0n) is 15.1. The number of nitrogens with zero attached hydrogens (tertiary/aromatic N) is 2. The molecule has 0 N–H and O–H groups in total. The fraction of sp³-hybridized carbons (Fsp3) is 0.200. The standard InChI is InChI=1S/C20H17ClN2O4S/c1-27-18(25)10-11-23-19(26)14-7-3-5-9-16(14)22-20(23)28-12-17(24)13-6-2-4-8-15(13)21/h2-9H,10-12H2,1H3. The Morgan fingerprint density at radius 1 is 1.14 bits per heavy atom. The van der Waals surface area contributed by atoms with Crippen LogP contribution in [0.5, 0.6) is 0 Å². The monoisotopic (exact) mass is 416 g/mol. The molecule has 0 saturated heterocycles. The number of aromatic nitrogens is 2. The largest absolute Gasteiger partial charge is 0.469 e. The van der Waals surface area contributed by atoms with Crippen LogP contribution in [0, 0.1) is 0 Å². The molecule has 3 rings (SSSR count). The summed E-state index contributed by atoms with van der Waals surface area (Å²) >= 11 is 7.22. The number of methoxy groups -OCH3 is 1. The molecule has 1 heterocycles. The number of ether oxygens (including phenoxy) is 1. The Morgan fingerprint density at radius 3 is 2.61 bits per heavy atom. The molecule has 0 bridgehead atoms. The Hall–Kier alpha value is -2.64. The lowest BCUT2D eigenvalue weighted by Gasteiger charge is -2.12. The van der Waals surface area contributed by atoms with Crippen LogP contribution in [0.2, 0.25) is 5.02 Å². The summed E-state index contributed by atoms with van der Waals surface area (Å²) in [6.07, 6.45) is 0.0302. The number of carbonyl (C=O) groups excluding carboxylic acids is 2. The highest BCUT2D eigenvalue weighted by Gasteiger charge is 2.16. The Bertz CT molecular complexity index is 1100. The zero-order chi connectivity index (χ0) is 20.1. The molecular weight excluding hydrogens is 400 g/mol. The summed E-state index contributed by atoms with van der Waals surface area (Å²) in [7, 11) is 1.29. The average molecular weight is 417 g/mol. The number of hydrogen-bond acceptors (Lipinski definition) is 6. The van der Waals surface area contributed by atoms with Gasteiger partial charge in [-0.3, -0.25) is 19.0 Å². The van der Waals surface area contributed by atoms with Crippen molar-refractivity contribution < 1.29 is 14.3 Å². The first-order valence-electron chi connectivity index (χ1n) is 8.48. The predicted octanol–water partition coefficient (Wildman–Crippen LogP) is 3.59. The number of carbonyl (C=O) groups is 2. The minimum absolute atomic E-state index is 0.0302. The smallest absolute Gasteiger partial charge is 0.307 e. The van der Waals surface area contributed by atoms with Crippen LogP contribution in [0.4, 0.5) is 0 Å². The van der Waals surface area contributed by atoms with E-state index >= 15 is 0 Å². The van der Waals surface area contributed by atoms with Crippen molar-refractivity contribution in [3.8, 4) is 0 Å². The van der Waals surface area contributed by atoms with E-state index in [1.54, 1.807) is 48.5 Å². The van der Waals surface area contributed by atoms with Crippen LogP contribution in [-0.2, 0) is 16.1 Å². The summed E-state index contributed by atoms with van der Waals surface area (Å²) < 4.78 is 6.06. The highest BCUT2D eigenvalue weighted by molar-refractivity contribution is 7.99. The van der Waals surface area contributed by atoms with Crippen LogP contribution in [0.15, 0.2) is 58.5 Å². The molecule has 0 radical (unpaired) electrons. The molecule has 2 aromatic carbocycles. The second kappa shape index (κ2) is 9.03. The van der Waals surface area contributed by atoms with Crippen molar-refractivity contribution in [2.75, 3.05) is 12.9 Å². The molecule has 1 aromatic heterocycles. The molecule has 0 aliphatic rings. The first-order valence-corrected chi connectivity index (χ1v) is 9.84. The van der Waals surface area contributed by atoms with Gasteiger partial charge in [0, 0.05) is 12.1 Å². The zero-order valence-corrected chi connectivity index (χ0v) is 16.6. The number of Topliss-reactive ketones (excluding diaryl/α,β-unsaturated/α-hetero) is 1. The third kappa shape index (κ3) is 4.43. The lowest BCUT2D eigenvalue weighted by molar-refractivity contribution is -0.140. The van der Waals surface area contributed by atoms with E-state index in [-0.39, 0.29) is 30.1 Å². The normalized spacial score (nSPS) is 10.8. The number of benzene rings is 2. The van der Waals surface area contributed by atoms with E-state index in [0.717, 1.165) is 11.8 Å². The number of hydrogen-bond donors (Lipinski definition) is 0. The van der Waals surface area contributed by atoms with Gasteiger partial charge in [0.1, 0.15) is 0 Å². The molecule has 0 atom stereocenters. The second-order valence-corrected chi connectivity index (χ2v) is 7.24. The quantitative estimate of drug-likeness (QED) is 0.253. The minimum atomic E-state index is -0.428. The fourth-order valence-corrected chi connectivity index (χ4v) is 3.81. The molecule has 0 aliphatic carbocycles. The van der Waals surface area contributed by atoms with Gasteiger partial charge in [-0.1, -0.05) is 47.6 Å². The van der Waals surface area contributed by atoms with Crippen molar-refractivity contribution in [1.29, 1.82) is 0 Å². The van der Waals surface area contributed by atoms with Gasteiger partial charge in [0.05, 0.1) is 35.2 Å². The molecule has 0 spiro atoms. The van der Waals surface area contributed by atoms with Crippen LogP contribution in [-0.4, -0.2) is 34.2 Å². The lowest BCUT2D eigenvalue weighted by atomic mass is 10.1. The van der Waals surface area contributed by atoms with E-state index in [1.165, 1.54) is 11.7 Å². The van der Waals surface area contributed by atoms with Crippen molar-refractivity contribution in [3.63, 3.8) is 0 Å². The van der Waals surface area contributed by atoms with Crippen molar-refractivity contribution in [2.24, 2.45) is 0 Å².